The number of allylic oxidation sites excluding steroid dienone is 2. The van der Waals surface area contributed by atoms with Gasteiger partial charge in [-0.05, 0) is 42.6 Å². The van der Waals surface area contributed by atoms with Crippen LogP contribution in [0, 0.1) is 17.8 Å². The van der Waals surface area contributed by atoms with Gasteiger partial charge in [0.1, 0.15) is 0 Å². The summed E-state index contributed by atoms with van der Waals surface area (Å²) >= 11 is 0. The second-order valence-electron chi connectivity index (χ2n) is 7.04. The highest BCUT2D eigenvalue weighted by Gasteiger charge is 2.41. The Labute approximate surface area is 130 Å². The Bertz CT molecular complexity index is 747. The lowest BCUT2D eigenvalue weighted by atomic mass is 9.84. The summed E-state index contributed by atoms with van der Waals surface area (Å²) in [5, 5.41) is 10.9. The smallest absolute Gasteiger partial charge is 0.0956 e. The van der Waals surface area contributed by atoms with Crippen LogP contribution >= 0.6 is 0 Å². The zero-order valence-corrected chi connectivity index (χ0v) is 12.5. The van der Waals surface area contributed by atoms with Gasteiger partial charge >= 0.3 is 0 Å². The summed E-state index contributed by atoms with van der Waals surface area (Å²) in [5.74, 6) is 1.75. The number of hydrogen-bond acceptors (Lipinski definition) is 2. The van der Waals surface area contributed by atoms with E-state index in [0.717, 1.165) is 12.8 Å². The third-order valence-electron chi connectivity index (χ3n) is 5.89. The van der Waals surface area contributed by atoms with Crippen LogP contribution in [0.4, 0.5) is 0 Å². The lowest BCUT2D eigenvalue weighted by Crippen LogP contribution is -2.27. The molecule has 2 heterocycles. The number of rotatable bonds is 3. The van der Waals surface area contributed by atoms with E-state index in [2.05, 4.69) is 46.0 Å². The molecular weight excluding hydrogens is 272 g/mol. The Kier molecular flexibility index (Phi) is 2.62. The van der Waals surface area contributed by atoms with Crippen LogP contribution < -0.4 is 0 Å². The van der Waals surface area contributed by atoms with Gasteiger partial charge in [0.25, 0.3) is 0 Å². The summed E-state index contributed by atoms with van der Waals surface area (Å²) in [6.07, 6.45) is 11.5. The van der Waals surface area contributed by atoms with Crippen molar-refractivity contribution in [2.45, 2.75) is 31.4 Å². The molecular formula is C19H20N2O. The summed E-state index contributed by atoms with van der Waals surface area (Å²) in [7, 11) is 0. The van der Waals surface area contributed by atoms with Gasteiger partial charge in [-0.25, -0.2) is 4.98 Å². The maximum atomic E-state index is 10.9. The highest BCUT2D eigenvalue weighted by Crippen LogP contribution is 2.48. The fraction of sp³-hybridized carbons (Fsp3) is 0.421. The van der Waals surface area contributed by atoms with Crippen molar-refractivity contribution < 1.29 is 5.11 Å². The number of aliphatic hydroxyl groups excluding tert-OH is 1. The van der Waals surface area contributed by atoms with E-state index < -0.39 is 0 Å². The van der Waals surface area contributed by atoms with E-state index in [1.165, 1.54) is 23.2 Å². The van der Waals surface area contributed by atoms with Crippen molar-refractivity contribution >= 4 is 0 Å². The molecule has 1 aliphatic heterocycles. The molecule has 2 aromatic rings. The highest BCUT2D eigenvalue weighted by atomic mass is 16.3. The largest absolute Gasteiger partial charge is 0.393 e. The van der Waals surface area contributed by atoms with Crippen molar-refractivity contribution in [1.82, 2.24) is 9.55 Å². The summed E-state index contributed by atoms with van der Waals surface area (Å²) in [4.78, 5) is 4.31. The maximum absolute atomic E-state index is 10.9. The molecule has 22 heavy (non-hydrogen) atoms. The fourth-order valence-corrected chi connectivity index (χ4v) is 4.84. The summed E-state index contributed by atoms with van der Waals surface area (Å²) < 4.78 is 2.23. The molecule has 0 spiro atoms. The number of aliphatic hydroxyl groups is 1. The first-order valence-electron chi connectivity index (χ1n) is 8.29. The molecule has 5 rings (SSSR count). The van der Waals surface area contributed by atoms with E-state index in [9.17, 15) is 5.11 Å². The van der Waals surface area contributed by atoms with Crippen LogP contribution in [0.25, 0.3) is 11.3 Å². The third-order valence-corrected chi connectivity index (χ3v) is 5.89. The molecule has 5 unspecified atom stereocenters. The van der Waals surface area contributed by atoms with Crippen molar-refractivity contribution in [2.75, 3.05) is 0 Å². The predicted octanol–water partition coefficient (Wildman–Crippen LogP) is 3.42. The van der Waals surface area contributed by atoms with Gasteiger partial charge in [0.2, 0.25) is 0 Å². The summed E-state index contributed by atoms with van der Waals surface area (Å²) in [5.41, 5.74) is 3.78. The average molecular weight is 292 g/mol. The molecule has 0 radical (unpaired) electrons. The predicted molar refractivity (Wildman–Crippen MR) is 85.3 cm³/mol. The number of imidazole rings is 1. The third kappa shape index (κ3) is 1.69. The Morgan fingerprint density at radius 2 is 2.14 bits per heavy atom. The normalized spacial score (nSPS) is 32.2. The Hall–Kier alpha value is -1.87. The minimum absolute atomic E-state index is 0.229. The molecule has 2 aliphatic carbocycles. The molecule has 1 saturated carbocycles. The monoisotopic (exact) mass is 292 g/mol. The van der Waals surface area contributed by atoms with Crippen LogP contribution in [0.1, 0.15) is 30.9 Å². The molecule has 1 aromatic carbocycles. The number of nitrogens with zero attached hydrogens (tertiary/aromatic N) is 2. The highest BCUT2D eigenvalue weighted by molar-refractivity contribution is 5.68. The van der Waals surface area contributed by atoms with Crippen LogP contribution in [0.5, 0.6) is 0 Å². The minimum Gasteiger partial charge on any atom is -0.393 e. The molecule has 0 amide bonds. The molecule has 1 aromatic heterocycles. The molecule has 3 aliphatic rings. The second kappa shape index (κ2) is 4.56. The van der Waals surface area contributed by atoms with Gasteiger partial charge < -0.3 is 9.67 Å². The van der Waals surface area contributed by atoms with Gasteiger partial charge in [-0.2, -0.15) is 0 Å². The van der Waals surface area contributed by atoms with Crippen molar-refractivity contribution in [3.05, 3.63) is 54.5 Å². The number of fused-ring (bicyclic) bond motifs is 5. The first-order chi connectivity index (χ1) is 10.8. The van der Waals surface area contributed by atoms with Crippen LogP contribution in [0.2, 0.25) is 0 Å². The second-order valence-corrected chi connectivity index (χ2v) is 7.04. The number of aromatic nitrogens is 2. The zero-order chi connectivity index (χ0) is 14.7. The van der Waals surface area contributed by atoms with E-state index in [0.29, 0.717) is 17.8 Å². The van der Waals surface area contributed by atoms with E-state index in [4.69, 9.17) is 0 Å². The minimum atomic E-state index is -0.230. The number of benzene rings is 1. The molecule has 1 fully saturated rings. The lowest BCUT2D eigenvalue weighted by Gasteiger charge is -2.27. The van der Waals surface area contributed by atoms with Crippen molar-refractivity contribution in [3.63, 3.8) is 0 Å². The van der Waals surface area contributed by atoms with Crippen molar-refractivity contribution in [1.29, 1.82) is 0 Å². The Morgan fingerprint density at radius 1 is 1.23 bits per heavy atom. The van der Waals surface area contributed by atoms with Crippen LogP contribution in [0.3, 0.4) is 0 Å². The Morgan fingerprint density at radius 3 is 2.95 bits per heavy atom. The van der Waals surface area contributed by atoms with Crippen LogP contribution in [-0.2, 0) is 0 Å². The first kappa shape index (κ1) is 12.7. The molecule has 2 bridgehead atoms. The van der Waals surface area contributed by atoms with Crippen molar-refractivity contribution in [3.8, 4) is 11.3 Å². The molecule has 112 valence electrons. The van der Waals surface area contributed by atoms with Crippen LogP contribution in [0.15, 0.2) is 48.9 Å². The maximum Gasteiger partial charge on any atom is 0.0956 e. The van der Waals surface area contributed by atoms with Gasteiger partial charge in [-0.3, -0.25) is 0 Å². The number of hydrogen-bond donors (Lipinski definition) is 1. The van der Waals surface area contributed by atoms with Gasteiger partial charge in [-0.15, -0.1) is 0 Å². The van der Waals surface area contributed by atoms with E-state index in [1.54, 1.807) is 0 Å². The van der Waals surface area contributed by atoms with Gasteiger partial charge in [0, 0.05) is 5.56 Å². The van der Waals surface area contributed by atoms with E-state index >= 15 is 0 Å². The van der Waals surface area contributed by atoms with E-state index in [1.807, 2.05) is 12.5 Å². The lowest BCUT2D eigenvalue weighted by molar-refractivity contribution is 0.0760. The quantitative estimate of drug-likeness (QED) is 0.880. The molecule has 3 heteroatoms. The molecule has 0 saturated heterocycles. The summed E-state index contributed by atoms with van der Waals surface area (Å²) in [6, 6.07) is 8.76. The zero-order valence-electron chi connectivity index (χ0n) is 12.5. The van der Waals surface area contributed by atoms with Crippen molar-refractivity contribution in [2.24, 2.45) is 17.8 Å². The van der Waals surface area contributed by atoms with Crippen LogP contribution in [-0.4, -0.2) is 20.8 Å². The van der Waals surface area contributed by atoms with Gasteiger partial charge in [0.15, 0.2) is 0 Å². The van der Waals surface area contributed by atoms with Gasteiger partial charge in [0.05, 0.1) is 30.4 Å². The standard InChI is InChI=1S/C19H20N2O/c22-19(16-8-12-5-6-13(16)7-12)9-17-14-3-1-2-4-15(14)18-10-20-11-21(17)18/h1-6,10-13,16-17,19,22H,7-9H2. The van der Waals surface area contributed by atoms with E-state index in [-0.39, 0.29) is 12.1 Å². The first-order valence-corrected chi connectivity index (χ1v) is 8.29. The Balaban J connectivity index is 1.45. The summed E-state index contributed by atoms with van der Waals surface area (Å²) in [6.45, 7) is 0. The topological polar surface area (TPSA) is 38.1 Å². The average Bonchev–Trinajstić information content (AvgIpc) is 3.29. The fourth-order valence-electron chi connectivity index (χ4n) is 4.84. The molecule has 1 N–H and O–H groups in total. The molecule has 5 atom stereocenters. The SMILES string of the molecule is OC(CC1c2ccccc2-c2cncn21)C1CC2C=CC1C2. The van der Waals surface area contributed by atoms with Gasteiger partial charge in [-0.1, -0.05) is 36.4 Å². The molecule has 3 nitrogen and oxygen atoms in total.